The van der Waals surface area contributed by atoms with E-state index in [1.165, 1.54) is 0 Å². The van der Waals surface area contributed by atoms with Gasteiger partial charge in [0.15, 0.2) is 0 Å². The Morgan fingerprint density at radius 3 is 2.35 bits per heavy atom. The van der Waals surface area contributed by atoms with Gasteiger partial charge in [0.1, 0.15) is 0 Å². The molecule has 1 aromatic heterocycles. The summed E-state index contributed by atoms with van der Waals surface area (Å²) in [7, 11) is -1.88. The molecule has 0 bridgehead atoms. The molecule has 2 amide bonds. The lowest BCUT2D eigenvalue weighted by Crippen LogP contribution is -2.42. The normalized spacial score (nSPS) is 11.6. The number of hydrogen-bond acceptors (Lipinski definition) is 4. The predicted octanol–water partition coefficient (Wildman–Crippen LogP) is 2.43. The Morgan fingerprint density at radius 2 is 1.68 bits per heavy atom. The summed E-state index contributed by atoms with van der Waals surface area (Å²) in [6.07, 6.45) is 1.56. The number of fused-ring (bicyclic) bond motifs is 1. The van der Waals surface area contributed by atoms with Gasteiger partial charge in [0, 0.05) is 37.1 Å². The van der Waals surface area contributed by atoms with Gasteiger partial charge in [0.25, 0.3) is 5.91 Å². The Morgan fingerprint density at radius 1 is 1.00 bits per heavy atom. The quantitative estimate of drug-likeness (QED) is 0.488. The zero-order valence-electron chi connectivity index (χ0n) is 17.7. The van der Waals surface area contributed by atoms with Gasteiger partial charge < -0.3 is 4.57 Å². The minimum atomic E-state index is -3.71. The third-order valence-electron chi connectivity index (χ3n) is 4.96. The largest absolute Gasteiger partial charge is 0.350 e. The summed E-state index contributed by atoms with van der Waals surface area (Å²) < 4.78 is 28.9. The van der Waals surface area contributed by atoms with E-state index < -0.39 is 21.8 Å². The first-order valence-corrected chi connectivity index (χ1v) is 11.4. The van der Waals surface area contributed by atoms with Gasteiger partial charge in [-0.1, -0.05) is 44.2 Å². The molecule has 1 heterocycles. The van der Waals surface area contributed by atoms with Gasteiger partial charge in [-0.25, -0.2) is 13.1 Å². The lowest BCUT2D eigenvalue weighted by molar-refractivity contribution is -0.121. The van der Waals surface area contributed by atoms with Crippen molar-refractivity contribution >= 4 is 32.7 Å². The third-order valence-corrected chi connectivity index (χ3v) is 6.44. The van der Waals surface area contributed by atoms with Crippen LogP contribution < -0.4 is 15.6 Å². The van der Waals surface area contributed by atoms with E-state index in [1.807, 2.05) is 49.7 Å². The van der Waals surface area contributed by atoms with E-state index in [1.54, 1.807) is 30.5 Å². The van der Waals surface area contributed by atoms with Crippen LogP contribution in [0.3, 0.4) is 0 Å². The van der Waals surface area contributed by atoms with Crippen LogP contribution in [0, 0.1) is 0 Å². The molecule has 0 atom stereocenters. The zero-order chi connectivity index (χ0) is 22.6. The Kier molecular flexibility index (Phi) is 6.77. The van der Waals surface area contributed by atoms with Gasteiger partial charge in [0.05, 0.1) is 10.5 Å². The van der Waals surface area contributed by atoms with Crippen LogP contribution in [0.5, 0.6) is 0 Å². The number of rotatable bonds is 7. The minimum absolute atomic E-state index is 0.0930. The van der Waals surface area contributed by atoms with Crippen LogP contribution >= 0.6 is 0 Å². The molecular formula is C22H26N4O4S. The smallest absolute Gasteiger partial charge is 0.271 e. The Labute approximate surface area is 181 Å². The van der Waals surface area contributed by atoms with Crippen molar-refractivity contribution in [3.8, 4) is 0 Å². The van der Waals surface area contributed by atoms with Gasteiger partial charge in [-0.3, -0.25) is 20.4 Å². The van der Waals surface area contributed by atoms with Crippen LogP contribution in [0.15, 0.2) is 59.6 Å². The Hall–Kier alpha value is -3.17. The molecule has 2 aromatic carbocycles. The summed E-state index contributed by atoms with van der Waals surface area (Å²) in [5.41, 5.74) is 7.06. The van der Waals surface area contributed by atoms with Crippen molar-refractivity contribution in [2.24, 2.45) is 7.05 Å². The molecule has 164 valence electrons. The number of nitrogens with zero attached hydrogens (tertiary/aromatic N) is 1. The number of hydrazine groups is 1. The van der Waals surface area contributed by atoms with E-state index in [9.17, 15) is 18.0 Å². The van der Waals surface area contributed by atoms with Crippen molar-refractivity contribution in [3.63, 3.8) is 0 Å². The molecule has 0 saturated carbocycles. The molecule has 31 heavy (non-hydrogen) atoms. The van der Waals surface area contributed by atoms with Gasteiger partial charge in [0.2, 0.25) is 15.9 Å². The maximum absolute atomic E-state index is 12.4. The maximum atomic E-state index is 12.4. The lowest BCUT2D eigenvalue weighted by atomic mass is 10.0. The SMILES string of the molecule is CC(C)c1ccc(S(=O)(=O)NCCC(=O)NNC(=O)c2cn(C)c3ccccc23)cc1. The topological polar surface area (TPSA) is 109 Å². The number of sulfonamides is 1. The molecule has 3 N–H and O–H groups in total. The number of aromatic nitrogens is 1. The van der Waals surface area contributed by atoms with Crippen molar-refractivity contribution < 1.29 is 18.0 Å². The standard InChI is InChI=1S/C22H26N4O4S/c1-15(2)16-8-10-17(11-9-16)31(29,30)23-13-12-21(27)24-25-22(28)19-14-26(3)20-7-5-4-6-18(19)20/h4-11,14-15,23H,12-13H2,1-3H3,(H,24,27)(H,25,28). The summed E-state index contributed by atoms with van der Waals surface area (Å²) in [5.74, 6) is -0.653. The second kappa shape index (κ2) is 9.32. The van der Waals surface area contributed by atoms with Crippen molar-refractivity contribution in [2.75, 3.05) is 6.54 Å². The number of nitrogens with one attached hydrogen (secondary N) is 3. The first kappa shape index (κ1) is 22.5. The van der Waals surface area contributed by atoms with Crippen LogP contribution in [0.2, 0.25) is 0 Å². The highest BCUT2D eigenvalue weighted by Gasteiger charge is 2.16. The number of amides is 2. The van der Waals surface area contributed by atoms with Crippen molar-refractivity contribution in [1.82, 2.24) is 20.1 Å². The number of aryl methyl sites for hydroxylation is 1. The summed E-state index contributed by atoms with van der Waals surface area (Å²) in [6.45, 7) is 3.96. The molecule has 0 aliphatic carbocycles. The van der Waals surface area contributed by atoms with Crippen molar-refractivity contribution in [2.45, 2.75) is 31.1 Å². The average molecular weight is 443 g/mol. The molecule has 8 nitrogen and oxygen atoms in total. The average Bonchev–Trinajstić information content (AvgIpc) is 3.09. The molecule has 0 fully saturated rings. The predicted molar refractivity (Wildman–Crippen MR) is 119 cm³/mol. The minimum Gasteiger partial charge on any atom is -0.350 e. The van der Waals surface area contributed by atoms with Gasteiger partial charge in [-0.15, -0.1) is 0 Å². The second-order valence-electron chi connectivity index (χ2n) is 7.54. The van der Waals surface area contributed by atoms with Crippen LogP contribution in [-0.4, -0.2) is 31.3 Å². The molecule has 0 aliphatic rings. The fourth-order valence-electron chi connectivity index (χ4n) is 3.19. The molecule has 0 unspecified atom stereocenters. The highest BCUT2D eigenvalue weighted by Crippen LogP contribution is 2.20. The highest BCUT2D eigenvalue weighted by atomic mass is 32.2. The van der Waals surface area contributed by atoms with E-state index in [4.69, 9.17) is 0 Å². The third kappa shape index (κ3) is 5.31. The maximum Gasteiger partial charge on any atom is 0.271 e. The first-order valence-electron chi connectivity index (χ1n) is 9.92. The molecule has 3 rings (SSSR count). The van der Waals surface area contributed by atoms with Crippen molar-refractivity contribution in [1.29, 1.82) is 0 Å². The van der Waals surface area contributed by atoms with Gasteiger partial charge in [-0.05, 0) is 29.7 Å². The number of benzene rings is 2. The molecule has 0 aliphatic heterocycles. The molecule has 0 radical (unpaired) electrons. The molecular weight excluding hydrogens is 416 g/mol. The fraction of sp³-hybridized carbons (Fsp3) is 0.273. The Bertz CT molecular complexity index is 1200. The van der Waals surface area contributed by atoms with Crippen LogP contribution in [0.4, 0.5) is 0 Å². The lowest BCUT2D eigenvalue weighted by Gasteiger charge is -2.10. The first-order chi connectivity index (χ1) is 14.7. The summed E-state index contributed by atoms with van der Waals surface area (Å²) >= 11 is 0. The van der Waals surface area contributed by atoms with E-state index in [2.05, 4.69) is 15.6 Å². The van der Waals surface area contributed by atoms with Gasteiger partial charge >= 0.3 is 0 Å². The van der Waals surface area contributed by atoms with E-state index in [0.29, 0.717) is 11.5 Å². The van der Waals surface area contributed by atoms with Crippen LogP contribution in [0.25, 0.3) is 10.9 Å². The summed E-state index contributed by atoms with van der Waals surface area (Å²) in [4.78, 5) is 24.6. The highest BCUT2D eigenvalue weighted by molar-refractivity contribution is 7.89. The van der Waals surface area contributed by atoms with Crippen LogP contribution in [-0.2, 0) is 21.9 Å². The second-order valence-corrected chi connectivity index (χ2v) is 9.31. The number of hydrogen-bond donors (Lipinski definition) is 3. The monoisotopic (exact) mass is 442 g/mol. The molecule has 0 spiro atoms. The molecule has 9 heteroatoms. The summed E-state index contributed by atoms with van der Waals surface area (Å²) in [6, 6.07) is 14.1. The van der Waals surface area contributed by atoms with Crippen LogP contribution in [0.1, 0.15) is 42.1 Å². The molecule has 3 aromatic rings. The fourth-order valence-corrected chi connectivity index (χ4v) is 4.22. The number of carbonyl (C=O) groups excluding carboxylic acids is 2. The Balaban J connectivity index is 1.50. The van der Waals surface area contributed by atoms with E-state index in [-0.39, 0.29) is 17.9 Å². The molecule has 0 saturated heterocycles. The summed E-state index contributed by atoms with van der Waals surface area (Å²) in [5, 5.41) is 0.771. The van der Waals surface area contributed by atoms with Crippen molar-refractivity contribution in [3.05, 3.63) is 65.9 Å². The number of carbonyl (C=O) groups is 2. The zero-order valence-corrected chi connectivity index (χ0v) is 18.5. The van der Waals surface area contributed by atoms with Gasteiger partial charge in [-0.2, -0.15) is 0 Å². The number of para-hydroxylation sites is 1. The van der Waals surface area contributed by atoms with E-state index >= 15 is 0 Å². The van der Waals surface area contributed by atoms with E-state index in [0.717, 1.165) is 16.5 Å².